The van der Waals surface area contributed by atoms with E-state index in [4.69, 9.17) is 32.9 Å². The summed E-state index contributed by atoms with van der Waals surface area (Å²) in [6.07, 6.45) is -1.18. The number of hydrogen-bond acceptors (Lipinski definition) is 6. The first-order chi connectivity index (χ1) is 23.5. The number of halogens is 5. The molecule has 2 unspecified atom stereocenters. The quantitative estimate of drug-likeness (QED) is 0.190. The zero-order chi connectivity index (χ0) is 34.7. The highest BCUT2D eigenvalue weighted by atomic mass is 35.5. The number of carbonyl (C=O) groups is 2. The standard InChI is InChI=1S/C36H32Cl2F3N5O3/c1-2-49-30-21-26(36(39,40)41)7-12-29(30)33-43-31(24-3-8-27(37)9-4-24)32(25-5-10-28(38)11-6-25)46(33)35(48)34(47)45-19-17-44(18-20-45)22-23-13-15-42-16-14-23/h3-16,21,31-32H,2,17-20,22H2,1H3. The van der Waals surface area contributed by atoms with Gasteiger partial charge in [-0.3, -0.25) is 29.4 Å². The van der Waals surface area contributed by atoms with E-state index in [1.165, 1.54) is 15.9 Å². The van der Waals surface area contributed by atoms with E-state index in [9.17, 15) is 22.8 Å². The third-order valence-corrected chi connectivity index (χ3v) is 9.06. The number of nitrogens with zero attached hydrogens (tertiary/aromatic N) is 5. The number of aliphatic imine (C=N–C) groups is 1. The van der Waals surface area contributed by atoms with Gasteiger partial charge in [0.05, 0.1) is 23.8 Å². The summed E-state index contributed by atoms with van der Waals surface area (Å²) in [5, 5.41) is 0.951. The minimum atomic E-state index is -4.63. The lowest BCUT2D eigenvalue weighted by Crippen LogP contribution is -2.54. The van der Waals surface area contributed by atoms with Crippen LogP contribution in [0.4, 0.5) is 13.2 Å². The topological polar surface area (TPSA) is 78.3 Å². The molecule has 0 bridgehead atoms. The van der Waals surface area contributed by atoms with Crippen LogP contribution in [0.3, 0.4) is 0 Å². The Kier molecular flexibility index (Phi) is 10.2. The summed E-state index contributed by atoms with van der Waals surface area (Å²) < 4.78 is 47.1. The molecular formula is C36H32Cl2F3N5O3. The van der Waals surface area contributed by atoms with Gasteiger partial charge in [-0.25, -0.2) is 0 Å². The summed E-state index contributed by atoms with van der Waals surface area (Å²) in [6, 6.07) is 19.0. The molecule has 0 radical (unpaired) electrons. The fraction of sp³-hybridized carbons (Fsp3) is 0.278. The molecule has 0 saturated carbocycles. The van der Waals surface area contributed by atoms with Crippen molar-refractivity contribution >= 4 is 40.9 Å². The van der Waals surface area contributed by atoms with E-state index in [0.29, 0.717) is 53.9 Å². The third kappa shape index (κ3) is 7.59. The number of ether oxygens (including phenoxy) is 1. The molecule has 2 aliphatic rings. The number of piperazine rings is 1. The van der Waals surface area contributed by atoms with E-state index in [1.807, 2.05) is 12.1 Å². The second-order valence-electron chi connectivity index (χ2n) is 11.7. The molecule has 6 rings (SSSR count). The van der Waals surface area contributed by atoms with Crippen molar-refractivity contribution in [2.45, 2.75) is 31.7 Å². The number of aromatic nitrogens is 1. The highest BCUT2D eigenvalue weighted by molar-refractivity contribution is 6.39. The lowest BCUT2D eigenvalue weighted by molar-refractivity contribution is -0.151. The average molecular weight is 711 g/mol. The van der Waals surface area contributed by atoms with Crippen LogP contribution in [0.2, 0.25) is 10.0 Å². The number of amidine groups is 1. The minimum absolute atomic E-state index is 0.0201. The van der Waals surface area contributed by atoms with E-state index in [0.717, 1.165) is 17.7 Å². The maximum absolute atomic E-state index is 14.5. The SMILES string of the molecule is CCOc1cc(C(F)(F)F)ccc1C1=NC(c2ccc(Cl)cc2)C(c2ccc(Cl)cc2)N1C(=O)C(=O)N1CCN(Cc2ccncc2)CC1. The Balaban J connectivity index is 1.40. The highest BCUT2D eigenvalue weighted by Gasteiger charge is 2.46. The minimum Gasteiger partial charge on any atom is -0.493 e. The number of rotatable bonds is 7. The zero-order valence-corrected chi connectivity index (χ0v) is 27.9. The molecule has 0 aliphatic carbocycles. The maximum atomic E-state index is 14.5. The lowest BCUT2D eigenvalue weighted by atomic mass is 9.93. The first-order valence-corrected chi connectivity index (χ1v) is 16.5. The van der Waals surface area contributed by atoms with Gasteiger partial charge in [-0.1, -0.05) is 47.5 Å². The van der Waals surface area contributed by atoms with Crippen LogP contribution >= 0.6 is 23.2 Å². The molecule has 3 heterocycles. The molecule has 49 heavy (non-hydrogen) atoms. The second kappa shape index (κ2) is 14.6. The Morgan fingerprint density at radius 1 is 0.837 bits per heavy atom. The fourth-order valence-corrected chi connectivity index (χ4v) is 6.37. The normalized spacial score (nSPS) is 18.4. The van der Waals surface area contributed by atoms with Gasteiger partial charge in [0.1, 0.15) is 17.6 Å². The molecule has 2 aliphatic heterocycles. The molecule has 1 saturated heterocycles. The molecule has 0 spiro atoms. The van der Waals surface area contributed by atoms with Crippen molar-refractivity contribution in [3.63, 3.8) is 0 Å². The Morgan fingerprint density at radius 3 is 2.04 bits per heavy atom. The summed E-state index contributed by atoms with van der Waals surface area (Å²) in [7, 11) is 0. The van der Waals surface area contributed by atoms with E-state index < -0.39 is 35.6 Å². The summed E-state index contributed by atoms with van der Waals surface area (Å²) >= 11 is 12.4. The average Bonchev–Trinajstić information content (AvgIpc) is 3.49. The second-order valence-corrected chi connectivity index (χ2v) is 12.6. The van der Waals surface area contributed by atoms with Gasteiger partial charge in [-0.05, 0) is 78.2 Å². The third-order valence-electron chi connectivity index (χ3n) is 8.56. The molecule has 1 aromatic heterocycles. The van der Waals surface area contributed by atoms with Gasteiger partial charge in [-0.15, -0.1) is 0 Å². The van der Waals surface area contributed by atoms with E-state index in [-0.39, 0.29) is 23.8 Å². The van der Waals surface area contributed by atoms with Crippen LogP contribution in [0.5, 0.6) is 5.75 Å². The number of hydrogen-bond donors (Lipinski definition) is 0. The van der Waals surface area contributed by atoms with Crippen LogP contribution in [-0.2, 0) is 22.3 Å². The van der Waals surface area contributed by atoms with Crippen molar-refractivity contribution < 1.29 is 27.5 Å². The summed E-state index contributed by atoms with van der Waals surface area (Å²) in [6.45, 7) is 4.09. The van der Waals surface area contributed by atoms with Crippen LogP contribution in [-0.4, -0.2) is 70.1 Å². The van der Waals surface area contributed by atoms with Crippen molar-refractivity contribution in [2.24, 2.45) is 4.99 Å². The molecule has 13 heteroatoms. The van der Waals surface area contributed by atoms with E-state index in [1.54, 1.807) is 67.8 Å². The van der Waals surface area contributed by atoms with E-state index >= 15 is 0 Å². The molecule has 2 atom stereocenters. The molecule has 3 aromatic carbocycles. The largest absolute Gasteiger partial charge is 0.493 e. The summed E-state index contributed by atoms with van der Waals surface area (Å²) in [5.74, 6) is -1.69. The van der Waals surface area contributed by atoms with Gasteiger partial charge in [0, 0.05) is 55.2 Å². The Hall–Kier alpha value is -4.45. The lowest BCUT2D eigenvalue weighted by Gasteiger charge is -2.36. The van der Waals surface area contributed by atoms with Crippen LogP contribution < -0.4 is 4.74 Å². The number of pyridine rings is 1. The summed E-state index contributed by atoms with van der Waals surface area (Å²) in [4.78, 5) is 42.6. The zero-order valence-electron chi connectivity index (χ0n) is 26.4. The van der Waals surface area contributed by atoms with Crippen molar-refractivity contribution in [2.75, 3.05) is 32.8 Å². The van der Waals surface area contributed by atoms with Gasteiger partial charge in [0.2, 0.25) is 0 Å². The van der Waals surface area contributed by atoms with Gasteiger partial charge >= 0.3 is 18.0 Å². The molecule has 1 fully saturated rings. The number of carbonyl (C=O) groups excluding carboxylic acids is 2. The van der Waals surface area contributed by atoms with Crippen LogP contribution in [0.25, 0.3) is 0 Å². The monoisotopic (exact) mass is 709 g/mol. The number of alkyl halides is 3. The molecule has 254 valence electrons. The first kappa shape index (κ1) is 34.4. The highest BCUT2D eigenvalue weighted by Crippen LogP contribution is 2.46. The van der Waals surface area contributed by atoms with Crippen molar-refractivity contribution in [3.8, 4) is 5.75 Å². The Labute approximate surface area is 291 Å². The molecular weight excluding hydrogens is 678 g/mol. The van der Waals surface area contributed by atoms with Gasteiger partial charge in [0.15, 0.2) is 0 Å². The Bertz CT molecular complexity index is 1830. The molecule has 2 amide bonds. The van der Waals surface area contributed by atoms with Crippen LogP contribution in [0.15, 0.2) is 96.2 Å². The maximum Gasteiger partial charge on any atom is 0.416 e. The summed E-state index contributed by atoms with van der Waals surface area (Å²) in [5.41, 5.74) is 1.62. The van der Waals surface area contributed by atoms with Crippen molar-refractivity contribution in [1.82, 2.24) is 19.7 Å². The number of amides is 2. The van der Waals surface area contributed by atoms with E-state index in [2.05, 4.69) is 9.88 Å². The predicted octanol–water partition coefficient (Wildman–Crippen LogP) is 7.22. The molecule has 4 aromatic rings. The van der Waals surface area contributed by atoms with Gasteiger partial charge in [0.25, 0.3) is 0 Å². The van der Waals surface area contributed by atoms with Crippen LogP contribution in [0, 0.1) is 0 Å². The van der Waals surface area contributed by atoms with Crippen LogP contribution in [0.1, 0.15) is 46.8 Å². The fourth-order valence-electron chi connectivity index (χ4n) is 6.12. The van der Waals surface area contributed by atoms with Crippen molar-refractivity contribution in [3.05, 3.63) is 129 Å². The predicted molar refractivity (Wildman–Crippen MR) is 180 cm³/mol. The van der Waals surface area contributed by atoms with Gasteiger partial charge in [-0.2, -0.15) is 13.2 Å². The molecule has 8 nitrogen and oxygen atoms in total. The van der Waals surface area contributed by atoms with Gasteiger partial charge < -0.3 is 9.64 Å². The first-order valence-electron chi connectivity index (χ1n) is 15.7. The Morgan fingerprint density at radius 2 is 1.45 bits per heavy atom. The number of benzene rings is 3. The smallest absolute Gasteiger partial charge is 0.416 e. The molecule has 0 N–H and O–H groups in total. The van der Waals surface area contributed by atoms with Crippen molar-refractivity contribution in [1.29, 1.82) is 0 Å².